The van der Waals surface area contributed by atoms with E-state index in [1.807, 2.05) is 63.2 Å². The Hall–Kier alpha value is -2.06. The number of benzene rings is 2. The first kappa shape index (κ1) is 16.3. The second-order valence-electron chi connectivity index (χ2n) is 6.30. The van der Waals surface area contributed by atoms with E-state index in [0.717, 1.165) is 16.9 Å². The molecule has 0 aliphatic rings. The average molecular weight is 296 g/mol. The number of hydrogen-bond donors (Lipinski definition) is 0. The molecule has 2 rings (SSSR count). The van der Waals surface area contributed by atoms with Gasteiger partial charge in [-0.25, -0.2) is 0 Å². The predicted octanol–water partition coefficient (Wildman–Crippen LogP) is 5.22. The molecule has 2 nitrogen and oxygen atoms in total. The molecule has 2 aromatic carbocycles. The van der Waals surface area contributed by atoms with E-state index >= 15 is 0 Å². The highest BCUT2D eigenvalue weighted by atomic mass is 16.5. The lowest BCUT2D eigenvalue weighted by Gasteiger charge is -2.21. The molecule has 22 heavy (non-hydrogen) atoms. The third kappa shape index (κ3) is 5.38. The summed E-state index contributed by atoms with van der Waals surface area (Å²) in [5.41, 5.74) is 3.26. The van der Waals surface area contributed by atoms with Gasteiger partial charge in [0.05, 0.1) is 13.2 Å². The second kappa shape index (κ2) is 7.28. The number of ether oxygens (including phenoxy) is 2. The summed E-state index contributed by atoms with van der Waals surface area (Å²) in [7, 11) is 0. The predicted molar refractivity (Wildman–Crippen MR) is 91.8 cm³/mol. The Morgan fingerprint density at radius 3 is 1.82 bits per heavy atom. The van der Waals surface area contributed by atoms with Crippen molar-refractivity contribution in [3.05, 3.63) is 71.8 Å². The lowest BCUT2D eigenvalue weighted by Crippen LogP contribution is -2.22. The van der Waals surface area contributed by atoms with Crippen LogP contribution in [0.3, 0.4) is 0 Å². The minimum atomic E-state index is -0.171. The lowest BCUT2D eigenvalue weighted by molar-refractivity contribution is 0.107. The molecule has 0 bridgehead atoms. The van der Waals surface area contributed by atoms with E-state index < -0.39 is 0 Å². The van der Waals surface area contributed by atoms with Crippen molar-refractivity contribution in [2.45, 2.75) is 39.6 Å². The summed E-state index contributed by atoms with van der Waals surface area (Å²) < 4.78 is 11.6. The second-order valence-corrected chi connectivity index (χ2v) is 6.30. The van der Waals surface area contributed by atoms with Crippen LogP contribution >= 0.6 is 0 Å². The Labute approximate surface area is 133 Å². The molecule has 2 heteroatoms. The van der Waals surface area contributed by atoms with E-state index in [4.69, 9.17) is 9.47 Å². The number of hydrogen-bond acceptors (Lipinski definition) is 2. The summed E-state index contributed by atoms with van der Waals surface area (Å²) in [6, 6.07) is 16.3. The van der Waals surface area contributed by atoms with Crippen LogP contribution in [0.15, 0.2) is 55.1 Å². The van der Waals surface area contributed by atoms with Gasteiger partial charge in [-0.2, -0.15) is 0 Å². The molecule has 0 spiro atoms. The van der Waals surface area contributed by atoms with Gasteiger partial charge in [-0.15, -0.1) is 0 Å². The average Bonchev–Trinajstić information content (AvgIpc) is 2.48. The van der Waals surface area contributed by atoms with Crippen molar-refractivity contribution in [2.75, 3.05) is 0 Å². The zero-order chi connectivity index (χ0) is 16.0. The van der Waals surface area contributed by atoms with Crippen LogP contribution in [0.5, 0.6) is 5.75 Å². The van der Waals surface area contributed by atoms with Crippen molar-refractivity contribution in [3.8, 4) is 5.75 Å². The van der Waals surface area contributed by atoms with Crippen molar-refractivity contribution < 1.29 is 9.47 Å². The maximum atomic E-state index is 5.80. The normalized spacial score (nSPS) is 11.2. The molecule has 0 atom stereocenters. The Bertz CT molecular complexity index is 589. The van der Waals surface area contributed by atoms with E-state index in [0.29, 0.717) is 13.2 Å². The van der Waals surface area contributed by atoms with Gasteiger partial charge in [-0.3, -0.25) is 0 Å². The zero-order valence-corrected chi connectivity index (χ0v) is 13.6. The number of rotatable bonds is 6. The highest BCUT2D eigenvalue weighted by Gasteiger charge is 2.11. The van der Waals surface area contributed by atoms with Crippen molar-refractivity contribution >= 4 is 6.08 Å². The SMILES string of the molecule is C=Cc1ccc(COCc2ccc(OC(C)(C)C)cc2)cc1. The van der Waals surface area contributed by atoms with Gasteiger partial charge >= 0.3 is 0 Å². The highest BCUT2D eigenvalue weighted by molar-refractivity contribution is 5.47. The van der Waals surface area contributed by atoms with Gasteiger partial charge in [0.1, 0.15) is 11.4 Å². The molecule has 0 amide bonds. The van der Waals surface area contributed by atoms with Crippen LogP contribution in [-0.2, 0) is 18.0 Å². The molecular formula is C20H24O2. The van der Waals surface area contributed by atoms with Gasteiger partial charge in [0.2, 0.25) is 0 Å². The van der Waals surface area contributed by atoms with Crippen LogP contribution in [0.25, 0.3) is 6.08 Å². The van der Waals surface area contributed by atoms with Gasteiger partial charge in [0.15, 0.2) is 0 Å². The lowest BCUT2D eigenvalue weighted by atomic mass is 10.1. The summed E-state index contributed by atoms with van der Waals surface area (Å²) in [6.07, 6.45) is 1.84. The first-order valence-corrected chi connectivity index (χ1v) is 7.53. The van der Waals surface area contributed by atoms with Crippen LogP contribution in [-0.4, -0.2) is 5.60 Å². The largest absolute Gasteiger partial charge is 0.488 e. The molecule has 0 saturated heterocycles. The van der Waals surface area contributed by atoms with E-state index in [2.05, 4.69) is 18.7 Å². The quantitative estimate of drug-likeness (QED) is 0.727. The van der Waals surface area contributed by atoms with E-state index in [-0.39, 0.29) is 5.60 Å². The molecule has 116 valence electrons. The summed E-state index contributed by atoms with van der Waals surface area (Å²) in [6.45, 7) is 11.1. The Morgan fingerprint density at radius 2 is 1.36 bits per heavy atom. The first-order valence-electron chi connectivity index (χ1n) is 7.53. The molecular weight excluding hydrogens is 272 g/mol. The fourth-order valence-corrected chi connectivity index (χ4v) is 2.04. The Balaban J connectivity index is 1.82. The standard InChI is InChI=1S/C20H24O2/c1-5-16-6-8-17(9-7-16)14-21-15-18-10-12-19(13-11-18)22-20(2,3)4/h5-13H,1,14-15H2,2-4H3. The van der Waals surface area contributed by atoms with Gasteiger partial charge in [-0.05, 0) is 49.6 Å². The Kier molecular flexibility index (Phi) is 5.40. The summed E-state index contributed by atoms with van der Waals surface area (Å²) in [4.78, 5) is 0. The smallest absolute Gasteiger partial charge is 0.120 e. The van der Waals surface area contributed by atoms with E-state index in [1.54, 1.807) is 0 Å². The topological polar surface area (TPSA) is 18.5 Å². The minimum Gasteiger partial charge on any atom is -0.488 e. The van der Waals surface area contributed by atoms with E-state index in [9.17, 15) is 0 Å². The molecule has 0 fully saturated rings. The van der Waals surface area contributed by atoms with Gasteiger partial charge in [-0.1, -0.05) is 49.1 Å². The monoisotopic (exact) mass is 296 g/mol. The molecule has 0 aliphatic carbocycles. The maximum Gasteiger partial charge on any atom is 0.120 e. The van der Waals surface area contributed by atoms with Crippen LogP contribution in [0, 0.1) is 0 Å². The molecule has 0 aliphatic heterocycles. The Morgan fingerprint density at radius 1 is 0.864 bits per heavy atom. The third-order valence-corrected chi connectivity index (χ3v) is 3.10. The van der Waals surface area contributed by atoms with Gasteiger partial charge in [0.25, 0.3) is 0 Å². The molecule has 0 N–H and O–H groups in total. The summed E-state index contributed by atoms with van der Waals surface area (Å²) in [5.74, 6) is 0.885. The van der Waals surface area contributed by atoms with E-state index in [1.165, 1.54) is 5.56 Å². The molecule has 0 heterocycles. The fraction of sp³-hybridized carbons (Fsp3) is 0.300. The summed E-state index contributed by atoms with van der Waals surface area (Å²) in [5, 5.41) is 0. The zero-order valence-electron chi connectivity index (χ0n) is 13.6. The van der Waals surface area contributed by atoms with Crippen LogP contribution < -0.4 is 4.74 Å². The fourth-order valence-electron chi connectivity index (χ4n) is 2.04. The minimum absolute atomic E-state index is 0.171. The third-order valence-electron chi connectivity index (χ3n) is 3.10. The molecule has 0 saturated carbocycles. The van der Waals surface area contributed by atoms with Crippen molar-refractivity contribution in [1.29, 1.82) is 0 Å². The van der Waals surface area contributed by atoms with Crippen LogP contribution in [0.1, 0.15) is 37.5 Å². The molecule has 0 aromatic heterocycles. The molecule has 0 radical (unpaired) electrons. The maximum absolute atomic E-state index is 5.80. The van der Waals surface area contributed by atoms with Crippen molar-refractivity contribution in [2.24, 2.45) is 0 Å². The molecule has 2 aromatic rings. The van der Waals surface area contributed by atoms with Gasteiger partial charge in [0, 0.05) is 0 Å². The van der Waals surface area contributed by atoms with Gasteiger partial charge < -0.3 is 9.47 Å². The molecule has 0 unspecified atom stereocenters. The van der Waals surface area contributed by atoms with Crippen molar-refractivity contribution in [1.82, 2.24) is 0 Å². The highest BCUT2D eigenvalue weighted by Crippen LogP contribution is 2.19. The first-order chi connectivity index (χ1) is 10.5. The van der Waals surface area contributed by atoms with Crippen LogP contribution in [0.4, 0.5) is 0 Å². The summed E-state index contributed by atoms with van der Waals surface area (Å²) >= 11 is 0. The van der Waals surface area contributed by atoms with Crippen molar-refractivity contribution in [3.63, 3.8) is 0 Å². The van der Waals surface area contributed by atoms with Crippen LogP contribution in [0.2, 0.25) is 0 Å².